The van der Waals surface area contributed by atoms with Crippen LogP contribution in [0.4, 0.5) is 5.69 Å². The highest BCUT2D eigenvalue weighted by Gasteiger charge is 2.21. The van der Waals surface area contributed by atoms with Crippen LogP contribution in [0.3, 0.4) is 0 Å². The summed E-state index contributed by atoms with van der Waals surface area (Å²) in [5.74, 6) is 0.757. The molecule has 2 N–H and O–H groups in total. The molecule has 1 amide bonds. The summed E-state index contributed by atoms with van der Waals surface area (Å²) in [6, 6.07) is 8.05. The molecule has 0 aromatic heterocycles. The molecule has 0 saturated heterocycles. The zero-order chi connectivity index (χ0) is 13.7. The molecule has 1 aliphatic rings. The summed E-state index contributed by atoms with van der Waals surface area (Å²) in [6.45, 7) is 2.57. The Bertz CT molecular complexity index is 413. The molecule has 1 fully saturated rings. The van der Waals surface area contributed by atoms with Gasteiger partial charge in [0.15, 0.2) is 0 Å². The number of carbonyl (C=O) groups excluding carboxylic acids is 1. The Kier molecular flexibility index (Phi) is 5.40. The van der Waals surface area contributed by atoms with Crippen molar-refractivity contribution in [2.45, 2.75) is 38.6 Å². The third-order valence-electron chi connectivity index (χ3n) is 3.82. The molecule has 1 atom stereocenters. The van der Waals surface area contributed by atoms with E-state index >= 15 is 0 Å². The van der Waals surface area contributed by atoms with Gasteiger partial charge in [-0.2, -0.15) is 0 Å². The number of rotatable bonds is 5. The summed E-state index contributed by atoms with van der Waals surface area (Å²) in [5, 5.41) is 6.23. The maximum Gasteiger partial charge on any atom is 0.238 e. The Morgan fingerprint density at radius 1 is 1.32 bits per heavy atom. The number of hydrogen-bond acceptors (Lipinski definition) is 2. The topological polar surface area (TPSA) is 41.1 Å². The molecule has 104 valence electrons. The predicted octanol–water partition coefficient (Wildman–Crippen LogP) is 3.56. The Morgan fingerprint density at radius 3 is 2.58 bits per heavy atom. The van der Waals surface area contributed by atoms with Gasteiger partial charge < -0.3 is 10.6 Å². The van der Waals surface area contributed by atoms with Crippen LogP contribution in [-0.2, 0) is 4.79 Å². The van der Waals surface area contributed by atoms with Gasteiger partial charge in [0, 0.05) is 16.2 Å². The van der Waals surface area contributed by atoms with Gasteiger partial charge in [0.2, 0.25) is 5.91 Å². The molecule has 2 rings (SSSR count). The minimum atomic E-state index is 0.0205. The van der Waals surface area contributed by atoms with E-state index in [1.165, 1.54) is 25.7 Å². The fourth-order valence-electron chi connectivity index (χ4n) is 2.62. The van der Waals surface area contributed by atoms with E-state index in [1.807, 2.05) is 24.3 Å². The van der Waals surface area contributed by atoms with Crippen LogP contribution in [0.15, 0.2) is 28.7 Å². The van der Waals surface area contributed by atoms with Crippen molar-refractivity contribution in [1.82, 2.24) is 5.32 Å². The van der Waals surface area contributed by atoms with E-state index in [4.69, 9.17) is 0 Å². The van der Waals surface area contributed by atoms with Crippen LogP contribution >= 0.6 is 15.9 Å². The third kappa shape index (κ3) is 4.62. The van der Waals surface area contributed by atoms with Crippen LogP contribution in [-0.4, -0.2) is 18.5 Å². The lowest BCUT2D eigenvalue weighted by atomic mass is 10.00. The molecule has 0 heterocycles. The number of hydrogen-bond donors (Lipinski definition) is 2. The molecule has 0 bridgehead atoms. The largest absolute Gasteiger partial charge is 0.325 e. The normalized spacial score (nSPS) is 17.4. The second kappa shape index (κ2) is 7.06. The summed E-state index contributed by atoms with van der Waals surface area (Å²) in [4.78, 5) is 11.8. The Hall–Kier alpha value is -0.870. The predicted molar refractivity (Wildman–Crippen MR) is 82.2 cm³/mol. The molecule has 4 heteroatoms. The zero-order valence-corrected chi connectivity index (χ0v) is 12.9. The Balaban J connectivity index is 1.73. The van der Waals surface area contributed by atoms with Gasteiger partial charge in [-0.3, -0.25) is 4.79 Å². The molecule has 0 spiro atoms. The van der Waals surface area contributed by atoms with Crippen molar-refractivity contribution < 1.29 is 4.79 Å². The smallest absolute Gasteiger partial charge is 0.238 e. The second-order valence-corrected chi connectivity index (χ2v) is 6.18. The molecule has 1 saturated carbocycles. The van der Waals surface area contributed by atoms with E-state index in [9.17, 15) is 4.79 Å². The monoisotopic (exact) mass is 324 g/mol. The van der Waals surface area contributed by atoms with Crippen molar-refractivity contribution in [3.63, 3.8) is 0 Å². The van der Waals surface area contributed by atoms with Gasteiger partial charge in [-0.1, -0.05) is 28.8 Å². The number of halogens is 1. The minimum Gasteiger partial charge on any atom is -0.325 e. The lowest BCUT2D eigenvalue weighted by Crippen LogP contribution is -2.38. The Morgan fingerprint density at radius 2 is 1.95 bits per heavy atom. The minimum absolute atomic E-state index is 0.0205. The highest BCUT2D eigenvalue weighted by molar-refractivity contribution is 9.10. The van der Waals surface area contributed by atoms with Crippen LogP contribution in [0.2, 0.25) is 0 Å². The SMILES string of the molecule is C[C@@H](NCC(=O)Nc1ccc(Br)cc1)C1CCCC1. The quantitative estimate of drug-likeness (QED) is 0.869. The van der Waals surface area contributed by atoms with Gasteiger partial charge in [-0.25, -0.2) is 0 Å². The molecule has 1 aromatic carbocycles. The number of nitrogens with one attached hydrogen (secondary N) is 2. The van der Waals surface area contributed by atoms with Crippen LogP contribution in [0.5, 0.6) is 0 Å². The molecule has 3 nitrogen and oxygen atoms in total. The van der Waals surface area contributed by atoms with Crippen LogP contribution < -0.4 is 10.6 Å². The fourth-order valence-corrected chi connectivity index (χ4v) is 2.88. The maximum absolute atomic E-state index is 11.8. The first-order valence-corrected chi connectivity index (χ1v) is 7.73. The van der Waals surface area contributed by atoms with Gasteiger partial charge in [0.1, 0.15) is 0 Å². The standard InChI is InChI=1S/C15H21BrN2O/c1-11(12-4-2-3-5-12)17-10-15(19)18-14-8-6-13(16)7-9-14/h6-9,11-12,17H,2-5,10H2,1H3,(H,18,19)/t11-/m1/s1. The van der Waals surface area contributed by atoms with Gasteiger partial charge in [0.05, 0.1) is 6.54 Å². The molecule has 0 aliphatic heterocycles. The Labute approximate surface area is 123 Å². The first-order chi connectivity index (χ1) is 9.15. The van der Waals surface area contributed by atoms with Crippen molar-refractivity contribution in [3.05, 3.63) is 28.7 Å². The molecule has 0 unspecified atom stereocenters. The maximum atomic E-state index is 11.8. The lowest BCUT2D eigenvalue weighted by Gasteiger charge is -2.20. The highest BCUT2D eigenvalue weighted by Crippen LogP contribution is 2.27. The van der Waals surface area contributed by atoms with E-state index in [0.29, 0.717) is 12.6 Å². The summed E-state index contributed by atoms with van der Waals surface area (Å²) >= 11 is 3.37. The molecular formula is C15H21BrN2O. The number of benzene rings is 1. The third-order valence-corrected chi connectivity index (χ3v) is 4.35. The van der Waals surface area contributed by atoms with E-state index < -0.39 is 0 Å². The molecule has 0 radical (unpaired) electrons. The average Bonchev–Trinajstić information content (AvgIpc) is 2.93. The van der Waals surface area contributed by atoms with Gasteiger partial charge in [-0.15, -0.1) is 0 Å². The van der Waals surface area contributed by atoms with Gasteiger partial charge in [0.25, 0.3) is 0 Å². The molecule has 1 aromatic rings. The van der Waals surface area contributed by atoms with Crippen molar-refractivity contribution >= 4 is 27.5 Å². The van der Waals surface area contributed by atoms with E-state index in [0.717, 1.165) is 16.1 Å². The van der Waals surface area contributed by atoms with E-state index in [-0.39, 0.29) is 5.91 Å². The molecule has 19 heavy (non-hydrogen) atoms. The van der Waals surface area contributed by atoms with E-state index in [2.05, 4.69) is 33.5 Å². The van der Waals surface area contributed by atoms with Crippen LogP contribution in [0.1, 0.15) is 32.6 Å². The molecule has 1 aliphatic carbocycles. The number of carbonyl (C=O) groups is 1. The molecular weight excluding hydrogens is 304 g/mol. The average molecular weight is 325 g/mol. The van der Waals surface area contributed by atoms with Crippen molar-refractivity contribution in [2.24, 2.45) is 5.92 Å². The van der Waals surface area contributed by atoms with Gasteiger partial charge in [-0.05, 0) is 49.9 Å². The summed E-state index contributed by atoms with van der Waals surface area (Å²) in [5.41, 5.74) is 0.837. The summed E-state index contributed by atoms with van der Waals surface area (Å²) in [7, 11) is 0. The lowest BCUT2D eigenvalue weighted by molar-refractivity contribution is -0.115. The fraction of sp³-hybridized carbons (Fsp3) is 0.533. The van der Waals surface area contributed by atoms with Crippen LogP contribution in [0, 0.1) is 5.92 Å². The number of amides is 1. The summed E-state index contributed by atoms with van der Waals surface area (Å²) < 4.78 is 1.01. The van der Waals surface area contributed by atoms with Crippen molar-refractivity contribution in [3.8, 4) is 0 Å². The first-order valence-electron chi connectivity index (χ1n) is 6.94. The zero-order valence-electron chi connectivity index (χ0n) is 11.3. The first kappa shape index (κ1) is 14.5. The summed E-state index contributed by atoms with van der Waals surface area (Å²) in [6.07, 6.45) is 5.26. The number of anilines is 1. The second-order valence-electron chi connectivity index (χ2n) is 5.27. The van der Waals surface area contributed by atoms with Crippen LogP contribution in [0.25, 0.3) is 0 Å². The van der Waals surface area contributed by atoms with Crippen molar-refractivity contribution in [2.75, 3.05) is 11.9 Å². The van der Waals surface area contributed by atoms with E-state index in [1.54, 1.807) is 0 Å². The van der Waals surface area contributed by atoms with Crippen molar-refractivity contribution in [1.29, 1.82) is 0 Å². The van der Waals surface area contributed by atoms with Gasteiger partial charge >= 0.3 is 0 Å². The highest BCUT2D eigenvalue weighted by atomic mass is 79.9.